The molecule has 0 fully saturated rings. The molecule has 0 aliphatic rings. The average molecular weight is 481 g/mol. The predicted molar refractivity (Wildman–Crippen MR) is 120 cm³/mol. The Morgan fingerprint density at radius 3 is 2.57 bits per heavy atom. The number of aryl methyl sites for hydroxylation is 1. The summed E-state index contributed by atoms with van der Waals surface area (Å²) < 4.78 is 45.0. The van der Waals surface area contributed by atoms with Crippen molar-refractivity contribution < 1.29 is 27.6 Å². The third-order valence-electron chi connectivity index (χ3n) is 5.59. The first-order chi connectivity index (χ1) is 16.8. The molecule has 0 aliphatic carbocycles. The van der Waals surface area contributed by atoms with Crippen LogP contribution in [0.2, 0.25) is 0 Å². The molecule has 11 heteroatoms. The topological polar surface area (TPSA) is 117 Å². The molecular formula is C24H18F3N5O3. The molecule has 0 radical (unpaired) electrons. The predicted octanol–water partition coefficient (Wildman–Crippen LogP) is 5.28. The van der Waals surface area contributed by atoms with Crippen molar-refractivity contribution >= 4 is 27.7 Å². The number of benzene rings is 2. The maximum absolute atomic E-state index is 13.1. The molecule has 1 amide bonds. The largest absolute Gasteiger partial charge is 0.419 e. The molecule has 35 heavy (non-hydrogen) atoms. The van der Waals surface area contributed by atoms with Gasteiger partial charge in [-0.3, -0.25) is 10.0 Å². The Hall–Kier alpha value is -4.25. The summed E-state index contributed by atoms with van der Waals surface area (Å²) in [5.74, 6) is -0.0769. The minimum Gasteiger partial charge on any atom is -0.419 e. The Morgan fingerprint density at radius 1 is 1.06 bits per heavy atom. The summed E-state index contributed by atoms with van der Waals surface area (Å²) in [5, 5.41) is 18.4. The van der Waals surface area contributed by atoms with Crippen LogP contribution >= 0.6 is 0 Å². The van der Waals surface area contributed by atoms with Crippen LogP contribution in [-0.2, 0) is 17.4 Å². The first-order valence-corrected chi connectivity index (χ1v) is 10.7. The number of pyridine rings is 1. The van der Waals surface area contributed by atoms with Gasteiger partial charge in [0, 0.05) is 34.7 Å². The highest BCUT2D eigenvalue weighted by Crippen LogP contribution is 2.36. The number of fused-ring (bicyclic) bond motifs is 3. The number of halogens is 3. The second-order valence-electron chi connectivity index (χ2n) is 7.91. The zero-order chi connectivity index (χ0) is 24.6. The molecule has 3 heterocycles. The van der Waals surface area contributed by atoms with Gasteiger partial charge in [0.25, 0.3) is 5.89 Å². The van der Waals surface area contributed by atoms with Crippen LogP contribution in [0.15, 0.2) is 59.0 Å². The van der Waals surface area contributed by atoms with E-state index in [-0.39, 0.29) is 12.3 Å². The number of hydrogen-bond donors (Lipinski definition) is 3. The number of H-pyrrole nitrogens is 1. The van der Waals surface area contributed by atoms with Crippen LogP contribution in [0.5, 0.6) is 0 Å². The van der Waals surface area contributed by atoms with Crippen LogP contribution in [-0.4, -0.2) is 31.3 Å². The second-order valence-corrected chi connectivity index (χ2v) is 7.91. The molecular weight excluding hydrogens is 463 g/mol. The highest BCUT2D eigenvalue weighted by Gasteiger charge is 2.30. The number of aromatic amines is 1. The molecule has 0 saturated carbocycles. The maximum atomic E-state index is 13.1. The summed E-state index contributed by atoms with van der Waals surface area (Å²) in [6, 6.07) is 14.2. The Balaban J connectivity index is 1.58. The second kappa shape index (κ2) is 8.84. The molecule has 0 bridgehead atoms. The van der Waals surface area contributed by atoms with Gasteiger partial charge in [-0.2, -0.15) is 13.2 Å². The molecule has 0 spiro atoms. The van der Waals surface area contributed by atoms with Gasteiger partial charge in [0.15, 0.2) is 0 Å². The molecule has 3 N–H and O–H groups in total. The summed E-state index contributed by atoms with van der Waals surface area (Å²) in [6.07, 6.45) is -3.64. The number of aromatic nitrogens is 4. The van der Waals surface area contributed by atoms with Crippen LogP contribution < -0.4 is 5.48 Å². The first-order valence-electron chi connectivity index (χ1n) is 10.7. The number of alkyl halides is 3. The van der Waals surface area contributed by atoms with Gasteiger partial charge in [-0.1, -0.05) is 30.3 Å². The van der Waals surface area contributed by atoms with E-state index in [1.807, 2.05) is 24.3 Å². The van der Waals surface area contributed by atoms with Crippen molar-refractivity contribution in [1.29, 1.82) is 0 Å². The number of hydroxylamine groups is 1. The van der Waals surface area contributed by atoms with E-state index in [1.54, 1.807) is 11.5 Å². The summed E-state index contributed by atoms with van der Waals surface area (Å²) in [6.45, 7) is 0. The normalized spacial score (nSPS) is 11.9. The van der Waals surface area contributed by atoms with Gasteiger partial charge in [0.2, 0.25) is 11.8 Å². The van der Waals surface area contributed by atoms with Crippen LogP contribution in [0.1, 0.15) is 24.3 Å². The molecule has 0 atom stereocenters. The van der Waals surface area contributed by atoms with E-state index in [0.29, 0.717) is 41.2 Å². The van der Waals surface area contributed by atoms with Crippen molar-refractivity contribution in [2.45, 2.75) is 25.4 Å². The molecule has 8 nitrogen and oxygen atoms in total. The van der Waals surface area contributed by atoms with Gasteiger partial charge in [-0.05, 0) is 30.7 Å². The SMILES string of the molecule is O=C(CCCc1nnc(-c2cc3c([nH]c4ccccc43)c(-c3ccc(C(F)(F)F)cc3)n2)o1)NO. The molecule has 5 aromatic rings. The van der Waals surface area contributed by atoms with E-state index in [4.69, 9.17) is 9.62 Å². The number of amides is 1. The molecule has 0 unspecified atom stereocenters. The zero-order valence-corrected chi connectivity index (χ0v) is 18.1. The Kier molecular flexibility index (Phi) is 5.69. The van der Waals surface area contributed by atoms with Crippen molar-refractivity contribution in [2.75, 3.05) is 0 Å². The fourth-order valence-corrected chi connectivity index (χ4v) is 3.90. The van der Waals surface area contributed by atoms with Gasteiger partial charge in [-0.25, -0.2) is 10.5 Å². The smallest absolute Gasteiger partial charge is 0.416 e. The lowest BCUT2D eigenvalue weighted by atomic mass is 10.0. The monoisotopic (exact) mass is 481 g/mol. The van der Waals surface area contributed by atoms with Crippen molar-refractivity contribution in [2.24, 2.45) is 0 Å². The van der Waals surface area contributed by atoms with Crippen molar-refractivity contribution in [3.8, 4) is 22.8 Å². The van der Waals surface area contributed by atoms with Gasteiger partial charge in [0.05, 0.1) is 16.8 Å². The molecule has 0 aliphatic heterocycles. The number of rotatable bonds is 6. The number of hydrogen-bond acceptors (Lipinski definition) is 6. The Labute approximate surface area is 195 Å². The van der Waals surface area contributed by atoms with Crippen LogP contribution in [0, 0.1) is 0 Å². The van der Waals surface area contributed by atoms with Gasteiger partial charge in [0.1, 0.15) is 5.69 Å². The van der Waals surface area contributed by atoms with Crippen molar-refractivity contribution in [3.05, 3.63) is 66.1 Å². The van der Waals surface area contributed by atoms with E-state index in [0.717, 1.165) is 28.4 Å². The fraction of sp³-hybridized carbons (Fsp3) is 0.167. The Morgan fingerprint density at radius 2 is 1.83 bits per heavy atom. The summed E-state index contributed by atoms with van der Waals surface area (Å²) in [7, 11) is 0. The van der Waals surface area contributed by atoms with Gasteiger partial charge >= 0.3 is 6.18 Å². The van der Waals surface area contributed by atoms with E-state index in [1.165, 1.54) is 12.1 Å². The lowest BCUT2D eigenvalue weighted by Gasteiger charge is -2.09. The van der Waals surface area contributed by atoms with E-state index < -0.39 is 17.6 Å². The quantitative estimate of drug-likeness (QED) is 0.224. The van der Waals surface area contributed by atoms with Crippen LogP contribution in [0.25, 0.3) is 44.6 Å². The van der Waals surface area contributed by atoms with Gasteiger partial charge < -0.3 is 9.40 Å². The lowest BCUT2D eigenvalue weighted by molar-refractivity contribution is -0.137. The van der Waals surface area contributed by atoms with Crippen molar-refractivity contribution in [1.82, 2.24) is 25.6 Å². The molecule has 0 saturated heterocycles. The minimum absolute atomic E-state index is 0.0891. The molecule has 5 rings (SSSR count). The third-order valence-corrected chi connectivity index (χ3v) is 5.59. The van der Waals surface area contributed by atoms with Gasteiger partial charge in [-0.15, -0.1) is 10.2 Å². The molecule has 2 aromatic carbocycles. The Bertz CT molecular complexity index is 1520. The summed E-state index contributed by atoms with van der Waals surface area (Å²) in [4.78, 5) is 19.1. The van der Waals surface area contributed by atoms with E-state index >= 15 is 0 Å². The summed E-state index contributed by atoms with van der Waals surface area (Å²) >= 11 is 0. The maximum Gasteiger partial charge on any atom is 0.416 e. The average Bonchev–Trinajstić information content (AvgIpc) is 3.47. The lowest BCUT2D eigenvalue weighted by Crippen LogP contribution is -2.18. The van der Waals surface area contributed by atoms with Crippen LogP contribution in [0.4, 0.5) is 13.2 Å². The highest BCUT2D eigenvalue weighted by molar-refractivity contribution is 6.11. The summed E-state index contributed by atoms with van der Waals surface area (Å²) in [5.41, 5.74) is 3.64. The van der Waals surface area contributed by atoms with E-state index in [2.05, 4.69) is 20.2 Å². The van der Waals surface area contributed by atoms with E-state index in [9.17, 15) is 18.0 Å². The molecule has 178 valence electrons. The number of para-hydroxylation sites is 1. The zero-order valence-electron chi connectivity index (χ0n) is 18.1. The molecule has 3 aromatic heterocycles. The van der Waals surface area contributed by atoms with Crippen molar-refractivity contribution in [3.63, 3.8) is 0 Å². The minimum atomic E-state index is -4.44. The number of nitrogens with zero attached hydrogens (tertiary/aromatic N) is 3. The number of carbonyl (C=O) groups excluding carboxylic acids is 1. The number of nitrogens with one attached hydrogen (secondary N) is 2. The van der Waals surface area contributed by atoms with Crippen LogP contribution in [0.3, 0.4) is 0 Å². The first kappa shape index (κ1) is 22.5. The highest BCUT2D eigenvalue weighted by atomic mass is 19.4. The fourth-order valence-electron chi connectivity index (χ4n) is 3.90. The standard InChI is InChI=1S/C24H18F3N5O3/c25-24(26,27)14-10-8-13(9-11-14)21-22-16(15-4-1-2-5-17(15)28-22)12-18(29-21)23-31-30-20(35-23)7-3-6-19(33)32-34/h1-2,4-5,8-12,28,34H,3,6-7H2,(H,32,33). The number of carbonyl (C=O) groups is 1. The third kappa shape index (κ3) is 4.45.